The maximum absolute atomic E-state index is 5.62. The molecule has 1 aliphatic carbocycles. The molecular formula is C26H37ClN2O. The third kappa shape index (κ3) is 6.00. The van der Waals surface area contributed by atoms with Crippen LogP contribution in [0.5, 0.6) is 5.75 Å². The van der Waals surface area contributed by atoms with E-state index in [0.717, 1.165) is 24.8 Å². The molecular weight excluding hydrogens is 392 g/mol. The molecule has 3 nitrogen and oxygen atoms in total. The van der Waals surface area contributed by atoms with E-state index in [1.54, 1.807) is 0 Å². The maximum Gasteiger partial charge on any atom is 0.119 e. The largest absolute Gasteiger partial charge is 0.494 e. The van der Waals surface area contributed by atoms with Crippen molar-refractivity contribution in [1.29, 1.82) is 0 Å². The van der Waals surface area contributed by atoms with Crippen molar-refractivity contribution in [3.8, 4) is 5.75 Å². The van der Waals surface area contributed by atoms with E-state index in [1.807, 2.05) is 6.92 Å². The molecule has 1 aliphatic heterocycles. The first kappa shape index (κ1) is 23.1. The number of hydrogen-bond donors (Lipinski definition) is 0. The van der Waals surface area contributed by atoms with Gasteiger partial charge in [-0.2, -0.15) is 0 Å². The van der Waals surface area contributed by atoms with Gasteiger partial charge in [-0.25, -0.2) is 0 Å². The Labute approximate surface area is 188 Å². The van der Waals surface area contributed by atoms with Crippen molar-refractivity contribution in [2.45, 2.75) is 57.5 Å². The average Bonchev–Trinajstić information content (AvgIpc) is 2.80. The second kappa shape index (κ2) is 11.7. The molecule has 2 fully saturated rings. The molecule has 1 saturated carbocycles. The van der Waals surface area contributed by atoms with Crippen molar-refractivity contribution < 1.29 is 4.74 Å². The van der Waals surface area contributed by atoms with E-state index in [1.165, 1.54) is 69.4 Å². The molecule has 1 heterocycles. The van der Waals surface area contributed by atoms with Gasteiger partial charge in [-0.15, -0.1) is 12.4 Å². The lowest BCUT2D eigenvalue weighted by atomic mass is 9.93. The number of hydrogen-bond acceptors (Lipinski definition) is 3. The molecule has 2 aromatic carbocycles. The molecule has 4 rings (SSSR count). The van der Waals surface area contributed by atoms with Gasteiger partial charge >= 0.3 is 0 Å². The van der Waals surface area contributed by atoms with Crippen LogP contribution in [-0.2, 0) is 6.42 Å². The summed E-state index contributed by atoms with van der Waals surface area (Å²) in [5.74, 6) is 0.966. The Balaban J connectivity index is 0.00000256. The van der Waals surface area contributed by atoms with E-state index in [4.69, 9.17) is 4.74 Å². The molecule has 2 aliphatic rings. The normalized spacial score (nSPS) is 19.8. The molecule has 0 amide bonds. The number of piperazine rings is 1. The fourth-order valence-electron chi connectivity index (χ4n) is 5.11. The van der Waals surface area contributed by atoms with E-state index in [2.05, 4.69) is 64.4 Å². The van der Waals surface area contributed by atoms with Crippen LogP contribution in [0.25, 0.3) is 0 Å². The lowest BCUT2D eigenvalue weighted by Gasteiger charge is -2.43. The molecule has 0 bridgehead atoms. The van der Waals surface area contributed by atoms with E-state index in [0.29, 0.717) is 6.04 Å². The third-order valence-electron chi connectivity index (χ3n) is 6.73. The summed E-state index contributed by atoms with van der Waals surface area (Å²) < 4.78 is 5.62. The molecule has 0 N–H and O–H groups in total. The fraction of sp³-hybridized carbons (Fsp3) is 0.538. The van der Waals surface area contributed by atoms with E-state index < -0.39 is 0 Å². The summed E-state index contributed by atoms with van der Waals surface area (Å²) in [7, 11) is 0. The minimum Gasteiger partial charge on any atom is -0.494 e. The lowest BCUT2D eigenvalue weighted by molar-refractivity contribution is 0.0559. The van der Waals surface area contributed by atoms with Crippen LogP contribution in [0.4, 0.5) is 0 Å². The lowest BCUT2D eigenvalue weighted by Crippen LogP contribution is -2.51. The fourth-order valence-corrected chi connectivity index (χ4v) is 5.11. The number of rotatable bonds is 7. The van der Waals surface area contributed by atoms with Crippen molar-refractivity contribution >= 4 is 12.4 Å². The van der Waals surface area contributed by atoms with E-state index in [9.17, 15) is 0 Å². The second-order valence-electron chi connectivity index (χ2n) is 8.57. The zero-order valence-corrected chi connectivity index (χ0v) is 19.2. The van der Waals surface area contributed by atoms with Gasteiger partial charge in [0, 0.05) is 38.3 Å². The third-order valence-corrected chi connectivity index (χ3v) is 6.73. The van der Waals surface area contributed by atoms with Gasteiger partial charge in [-0.05, 0) is 49.4 Å². The Morgan fingerprint density at radius 3 is 2.17 bits per heavy atom. The quantitative estimate of drug-likeness (QED) is 0.559. The van der Waals surface area contributed by atoms with Crippen LogP contribution in [0.3, 0.4) is 0 Å². The smallest absolute Gasteiger partial charge is 0.119 e. The van der Waals surface area contributed by atoms with Gasteiger partial charge in [0.15, 0.2) is 0 Å². The summed E-state index contributed by atoms with van der Waals surface area (Å²) in [4.78, 5) is 5.49. The van der Waals surface area contributed by atoms with E-state index >= 15 is 0 Å². The molecule has 1 saturated heterocycles. The van der Waals surface area contributed by atoms with Gasteiger partial charge in [0.05, 0.1) is 6.61 Å². The minimum atomic E-state index is 0. The summed E-state index contributed by atoms with van der Waals surface area (Å²) in [6.07, 6.45) is 8.17. The Morgan fingerprint density at radius 1 is 0.867 bits per heavy atom. The highest BCUT2D eigenvalue weighted by molar-refractivity contribution is 5.85. The molecule has 4 heteroatoms. The molecule has 30 heavy (non-hydrogen) atoms. The highest BCUT2D eigenvalue weighted by Crippen LogP contribution is 2.29. The summed E-state index contributed by atoms with van der Waals surface area (Å²) in [6.45, 7) is 7.54. The predicted octanol–water partition coefficient (Wildman–Crippen LogP) is 5.74. The van der Waals surface area contributed by atoms with Crippen molar-refractivity contribution in [1.82, 2.24) is 9.80 Å². The van der Waals surface area contributed by atoms with Crippen LogP contribution in [0.2, 0.25) is 0 Å². The van der Waals surface area contributed by atoms with Crippen LogP contribution in [-0.4, -0.2) is 48.6 Å². The topological polar surface area (TPSA) is 15.7 Å². The standard InChI is InChI=1S/C26H36N2O.ClH/c1-2-29-25-15-13-22(14-16-25)21-26(23-9-5-3-6-10-23)28-19-17-27(18-20-28)24-11-7-4-8-12-24;/h3,5-6,9-10,13-16,24,26H,2,4,7-8,11-12,17-21H2,1H3;1H. The first-order valence-corrected chi connectivity index (χ1v) is 11.6. The summed E-state index contributed by atoms with van der Waals surface area (Å²) in [5, 5.41) is 0. The molecule has 2 aromatic rings. The second-order valence-corrected chi connectivity index (χ2v) is 8.57. The Kier molecular flexibility index (Phi) is 9.05. The van der Waals surface area contributed by atoms with Gasteiger partial charge < -0.3 is 4.74 Å². The van der Waals surface area contributed by atoms with Crippen molar-refractivity contribution in [2.24, 2.45) is 0 Å². The monoisotopic (exact) mass is 428 g/mol. The Bertz CT molecular complexity index is 722. The van der Waals surface area contributed by atoms with Gasteiger partial charge in [-0.3, -0.25) is 9.80 Å². The molecule has 1 unspecified atom stereocenters. The van der Waals surface area contributed by atoms with Crippen molar-refractivity contribution in [3.63, 3.8) is 0 Å². The highest BCUT2D eigenvalue weighted by atomic mass is 35.5. The SMILES string of the molecule is CCOc1ccc(CC(c2ccccc2)N2CCN(C3CCCCC3)CC2)cc1.Cl. The van der Waals surface area contributed by atoms with Crippen LogP contribution >= 0.6 is 12.4 Å². The van der Waals surface area contributed by atoms with Crippen molar-refractivity contribution in [2.75, 3.05) is 32.8 Å². The molecule has 0 radical (unpaired) electrons. The number of halogens is 1. The highest BCUT2D eigenvalue weighted by Gasteiger charge is 2.29. The predicted molar refractivity (Wildman–Crippen MR) is 128 cm³/mol. The van der Waals surface area contributed by atoms with Gasteiger partial charge in [0.25, 0.3) is 0 Å². The van der Waals surface area contributed by atoms with Gasteiger partial charge in [0.2, 0.25) is 0 Å². The number of ether oxygens (including phenoxy) is 1. The maximum atomic E-state index is 5.62. The molecule has 1 atom stereocenters. The van der Waals surface area contributed by atoms with E-state index in [-0.39, 0.29) is 12.4 Å². The molecule has 0 spiro atoms. The molecule has 164 valence electrons. The first-order valence-electron chi connectivity index (χ1n) is 11.6. The average molecular weight is 429 g/mol. The Morgan fingerprint density at radius 2 is 1.53 bits per heavy atom. The summed E-state index contributed by atoms with van der Waals surface area (Å²) >= 11 is 0. The van der Waals surface area contributed by atoms with Gasteiger partial charge in [-0.1, -0.05) is 61.7 Å². The van der Waals surface area contributed by atoms with Crippen LogP contribution in [0.1, 0.15) is 56.2 Å². The minimum absolute atomic E-state index is 0. The zero-order chi connectivity index (χ0) is 19.9. The zero-order valence-electron chi connectivity index (χ0n) is 18.3. The summed E-state index contributed by atoms with van der Waals surface area (Å²) in [5.41, 5.74) is 2.82. The molecule has 0 aromatic heterocycles. The van der Waals surface area contributed by atoms with Gasteiger partial charge in [0.1, 0.15) is 5.75 Å². The van der Waals surface area contributed by atoms with Crippen LogP contribution in [0, 0.1) is 0 Å². The first-order chi connectivity index (χ1) is 14.3. The number of benzene rings is 2. The number of nitrogens with zero attached hydrogens (tertiary/aromatic N) is 2. The summed E-state index contributed by atoms with van der Waals surface area (Å²) in [6, 6.07) is 21.1. The van der Waals surface area contributed by atoms with Crippen LogP contribution < -0.4 is 4.74 Å². The van der Waals surface area contributed by atoms with Crippen LogP contribution in [0.15, 0.2) is 54.6 Å². The van der Waals surface area contributed by atoms with Crippen molar-refractivity contribution in [3.05, 3.63) is 65.7 Å². The Hall–Kier alpha value is -1.55.